The Kier molecular flexibility index (Phi) is 5.69. The molecule has 0 amide bonds. The van der Waals surface area contributed by atoms with Gasteiger partial charge in [-0.2, -0.15) is 5.10 Å². The molecule has 0 aromatic carbocycles. The number of rotatable bonds is 7. The Labute approximate surface area is 106 Å². The summed E-state index contributed by atoms with van der Waals surface area (Å²) in [5.74, 6) is 0. The molecule has 0 bridgehead atoms. The van der Waals surface area contributed by atoms with Gasteiger partial charge in [0.2, 0.25) is 0 Å². The first-order chi connectivity index (χ1) is 8.10. The minimum Gasteiger partial charge on any atom is -0.314 e. The molecule has 1 rings (SSSR count). The van der Waals surface area contributed by atoms with Crippen molar-refractivity contribution in [1.82, 2.24) is 15.1 Å². The molecule has 1 atom stereocenters. The molecule has 0 saturated heterocycles. The number of nitrogens with one attached hydrogen (secondary N) is 1. The third-order valence-corrected chi connectivity index (χ3v) is 3.53. The molecule has 98 valence electrons. The van der Waals surface area contributed by atoms with Crippen LogP contribution in [0.4, 0.5) is 0 Å². The first-order valence-electron chi connectivity index (χ1n) is 6.82. The Morgan fingerprint density at radius 1 is 1.24 bits per heavy atom. The maximum Gasteiger partial charge on any atom is 0.0628 e. The third-order valence-electron chi connectivity index (χ3n) is 3.53. The second-order valence-electron chi connectivity index (χ2n) is 4.85. The summed E-state index contributed by atoms with van der Waals surface area (Å²) < 4.78 is 1.99. The normalized spacial score (nSPS) is 13.0. The first kappa shape index (κ1) is 14.2. The van der Waals surface area contributed by atoms with Crippen LogP contribution in [-0.2, 0) is 13.5 Å². The van der Waals surface area contributed by atoms with E-state index in [1.54, 1.807) is 0 Å². The topological polar surface area (TPSA) is 29.9 Å². The van der Waals surface area contributed by atoms with Crippen LogP contribution in [0.3, 0.4) is 0 Å². The lowest BCUT2D eigenvalue weighted by molar-refractivity contribution is 0.459. The van der Waals surface area contributed by atoms with E-state index in [9.17, 15) is 0 Å². The summed E-state index contributed by atoms with van der Waals surface area (Å²) in [7, 11) is 2.03. The van der Waals surface area contributed by atoms with Gasteiger partial charge in [-0.15, -0.1) is 0 Å². The van der Waals surface area contributed by atoms with Crippen LogP contribution in [0.5, 0.6) is 0 Å². The molecular weight excluding hydrogens is 210 g/mol. The van der Waals surface area contributed by atoms with Crippen LogP contribution in [0.1, 0.15) is 50.1 Å². The van der Waals surface area contributed by atoms with Crippen LogP contribution in [0, 0.1) is 13.8 Å². The van der Waals surface area contributed by atoms with Gasteiger partial charge in [-0.3, -0.25) is 4.68 Å². The van der Waals surface area contributed by atoms with Crippen molar-refractivity contribution in [3.05, 3.63) is 17.0 Å². The molecule has 1 unspecified atom stereocenters. The van der Waals surface area contributed by atoms with Gasteiger partial charge in [-0.1, -0.05) is 20.3 Å². The van der Waals surface area contributed by atoms with Crippen LogP contribution in [0.2, 0.25) is 0 Å². The van der Waals surface area contributed by atoms with E-state index in [2.05, 4.69) is 38.1 Å². The Balaban J connectivity index is 2.58. The monoisotopic (exact) mass is 237 g/mol. The zero-order valence-corrected chi connectivity index (χ0v) is 12.0. The molecule has 0 spiro atoms. The second-order valence-corrected chi connectivity index (χ2v) is 4.85. The molecule has 0 aliphatic rings. The van der Waals surface area contributed by atoms with Gasteiger partial charge in [0.15, 0.2) is 0 Å². The molecule has 1 aromatic rings. The van der Waals surface area contributed by atoms with Crippen molar-refractivity contribution < 1.29 is 0 Å². The molecule has 0 aliphatic heterocycles. The van der Waals surface area contributed by atoms with Crippen molar-refractivity contribution in [3.63, 3.8) is 0 Å². The summed E-state index contributed by atoms with van der Waals surface area (Å²) in [4.78, 5) is 0. The lowest BCUT2D eigenvalue weighted by atomic mass is 10.0. The quantitative estimate of drug-likeness (QED) is 0.790. The van der Waals surface area contributed by atoms with Gasteiger partial charge in [-0.05, 0) is 45.2 Å². The molecular formula is C14H27N3. The van der Waals surface area contributed by atoms with Gasteiger partial charge < -0.3 is 5.32 Å². The largest absolute Gasteiger partial charge is 0.314 e. The molecule has 0 radical (unpaired) electrons. The van der Waals surface area contributed by atoms with Crippen molar-refractivity contribution in [3.8, 4) is 0 Å². The van der Waals surface area contributed by atoms with E-state index < -0.39 is 0 Å². The van der Waals surface area contributed by atoms with Crippen LogP contribution >= 0.6 is 0 Å². The van der Waals surface area contributed by atoms with E-state index in [0.29, 0.717) is 6.04 Å². The highest BCUT2D eigenvalue weighted by molar-refractivity contribution is 5.24. The Morgan fingerprint density at radius 3 is 2.41 bits per heavy atom. The standard InChI is InChI=1S/C14H27N3/c1-6-8-13(15-7-2)9-10-14-11(3)16-17(5)12(14)4/h13,15H,6-10H2,1-5H3. The highest BCUT2D eigenvalue weighted by Gasteiger charge is 2.12. The lowest BCUT2D eigenvalue weighted by Crippen LogP contribution is -2.29. The van der Waals surface area contributed by atoms with E-state index in [0.717, 1.165) is 13.0 Å². The van der Waals surface area contributed by atoms with E-state index >= 15 is 0 Å². The fraction of sp³-hybridized carbons (Fsp3) is 0.786. The zero-order valence-electron chi connectivity index (χ0n) is 12.0. The lowest BCUT2D eigenvalue weighted by Gasteiger charge is -2.17. The summed E-state index contributed by atoms with van der Waals surface area (Å²) in [5, 5.41) is 8.05. The highest BCUT2D eigenvalue weighted by Crippen LogP contribution is 2.16. The summed E-state index contributed by atoms with van der Waals surface area (Å²) in [6, 6.07) is 0.656. The average molecular weight is 237 g/mol. The predicted octanol–water partition coefficient (Wildman–Crippen LogP) is 2.75. The Bertz CT molecular complexity index is 335. The third kappa shape index (κ3) is 3.84. The number of nitrogens with zero attached hydrogens (tertiary/aromatic N) is 2. The van der Waals surface area contributed by atoms with Gasteiger partial charge in [-0.25, -0.2) is 0 Å². The van der Waals surface area contributed by atoms with Crippen LogP contribution in [0.15, 0.2) is 0 Å². The fourth-order valence-electron chi connectivity index (χ4n) is 2.48. The Morgan fingerprint density at radius 2 is 1.94 bits per heavy atom. The average Bonchev–Trinajstić information content (AvgIpc) is 2.51. The number of aromatic nitrogens is 2. The summed E-state index contributed by atoms with van der Waals surface area (Å²) >= 11 is 0. The van der Waals surface area contributed by atoms with Crippen molar-refractivity contribution in [2.75, 3.05) is 6.54 Å². The van der Waals surface area contributed by atoms with Gasteiger partial charge >= 0.3 is 0 Å². The molecule has 1 aromatic heterocycles. The molecule has 17 heavy (non-hydrogen) atoms. The molecule has 1 heterocycles. The second kappa shape index (κ2) is 6.80. The number of hydrogen-bond acceptors (Lipinski definition) is 2. The molecule has 0 aliphatic carbocycles. The smallest absolute Gasteiger partial charge is 0.0628 e. The van der Waals surface area contributed by atoms with Gasteiger partial charge in [0.1, 0.15) is 0 Å². The van der Waals surface area contributed by atoms with Crippen LogP contribution in [-0.4, -0.2) is 22.4 Å². The van der Waals surface area contributed by atoms with E-state index in [4.69, 9.17) is 0 Å². The van der Waals surface area contributed by atoms with E-state index in [1.165, 1.54) is 36.2 Å². The van der Waals surface area contributed by atoms with Crippen molar-refractivity contribution in [1.29, 1.82) is 0 Å². The van der Waals surface area contributed by atoms with Crippen LogP contribution < -0.4 is 5.32 Å². The van der Waals surface area contributed by atoms with Crippen molar-refractivity contribution in [2.24, 2.45) is 7.05 Å². The minimum absolute atomic E-state index is 0.656. The minimum atomic E-state index is 0.656. The summed E-state index contributed by atoms with van der Waals surface area (Å²) in [6.45, 7) is 9.78. The van der Waals surface area contributed by atoms with Gasteiger partial charge in [0.05, 0.1) is 5.69 Å². The first-order valence-corrected chi connectivity index (χ1v) is 6.82. The van der Waals surface area contributed by atoms with Crippen LogP contribution in [0.25, 0.3) is 0 Å². The summed E-state index contributed by atoms with van der Waals surface area (Å²) in [6.07, 6.45) is 4.88. The summed E-state index contributed by atoms with van der Waals surface area (Å²) in [5.41, 5.74) is 3.94. The van der Waals surface area contributed by atoms with Crippen molar-refractivity contribution >= 4 is 0 Å². The SMILES string of the molecule is CCCC(CCc1c(C)nn(C)c1C)NCC. The van der Waals surface area contributed by atoms with E-state index in [1.807, 2.05) is 11.7 Å². The predicted molar refractivity (Wildman–Crippen MR) is 73.4 cm³/mol. The molecule has 3 heteroatoms. The molecule has 1 N–H and O–H groups in total. The van der Waals surface area contributed by atoms with E-state index in [-0.39, 0.29) is 0 Å². The fourth-order valence-corrected chi connectivity index (χ4v) is 2.48. The zero-order chi connectivity index (χ0) is 12.8. The number of hydrogen-bond donors (Lipinski definition) is 1. The highest BCUT2D eigenvalue weighted by atomic mass is 15.3. The molecule has 0 saturated carbocycles. The maximum absolute atomic E-state index is 4.48. The maximum atomic E-state index is 4.48. The molecule has 0 fully saturated rings. The van der Waals surface area contributed by atoms with Gasteiger partial charge in [0.25, 0.3) is 0 Å². The molecule has 3 nitrogen and oxygen atoms in total. The van der Waals surface area contributed by atoms with Crippen molar-refractivity contribution in [2.45, 2.75) is 59.4 Å². The number of aryl methyl sites for hydroxylation is 2. The van der Waals surface area contributed by atoms with Gasteiger partial charge in [0, 0.05) is 18.8 Å². The Hall–Kier alpha value is -0.830.